The van der Waals surface area contributed by atoms with E-state index < -0.39 is 5.56 Å². The first-order chi connectivity index (χ1) is 5.77. The molecule has 0 atom stereocenters. The second kappa shape index (κ2) is 2.53. The number of nitrogens with zero attached hydrogens (tertiary/aromatic N) is 3. The van der Waals surface area contributed by atoms with Gasteiger partial charge in [0.2, 0.25) is 0 Å². The summed E-state index contributed by atoms with van der Waals surface area (Å²) in [5.74, 6) is 0. The van der Waals surface area contributed by atoms with Gasteiger partial charge in [0.05, 0.1) is 6.20 Å². The molecule has 0 unspecified atom stereocenters. The van der Waals surface area contributed by atoms with Crippen molar-refractivity contribution >= 4 is 22.8 Å². The molecule has 1 N–H and O–H groups in total. The summed E-state index contributed by atoms with van der Waals surface area (Å²) < 4.78 is 0. The summed E-state index contributed by atoms with van der Waals surface area (Å²) >= 11 is 5.48. The number of aromatic amines is 1. The van der Waals surface area contributed by atoms with Gasteiger partial charge in [-0.3, -0.25) is 4.79 Å². The zero-order chi connectivity index (χ0) is 8.55. The molecule has 2 aromatic rings. The van der Waals surface area contributed by atoms with Crippen LogP contribution in [0, 0.1) is 0 Å². The molecular formula is C6H3ClN4O. The van der Waals surface area contributed by atoms with E-state index in [1.54, 1.807) is 0 Å². The highest BCUT2D eigenvalue weighted by Gasteiger charge is 2.00. The molecule has 0 saturated carbocycles. The summed E-state index contributed by atoms with van der Waals surface area (Å²) in [7, 11) is 0. The molecule has 2 aromatic heterocycles. The number of rotatable bonds is 0. The Morgan fingerprint density at radius 3 is 3.17 bits per heavy atom. The first kappa shape index (κ1) is 7.17. The van der Waals surface area contributed by atoms with Gasteiger partial charge in [-0.25, -0.2) is 15.0 Å². The van der Waals surface area contributed by atoms with Gasteiger partial charge in [0, 0.05) is 0 Å². The highest BCUT2D eigenvalue weighted by molar-refractivity contribution is 6.29. The Morgan fingerprint density at radius 1 is 1.50 bits per heavy atom. The van der Waals surface area contributed by atoms with Gasteiger partial charge in [-0.2, -0.15) is 0 Å². The van der Waals surface area contributed by atoms with E-state index in [1.807, 2.05) is 0 Å². The molecule has 5 nitrogen and oxygen atoms in total. The van der Waals surface area contributed by atoms with E-state index in [2.05, 4.69) is 19.9 Å². The van der Waals surface area contributed by atoms with E-state index >= 15 is 0 Å². The van der Waals surface area contributed by atoms with E-state index in [0.717, 1.165) is 0 Å². The lowest BCUT2D eigenvalue weighted by Gasteiger charge is -1.93. The van der Waals surface area contributed by atoms with Crippen LogP contribution >= 0.6 is 11.6 Å². The summed E-state index contributed by atoms with van der Waals surface area (Å²) in [5.41, 5.74) is 0.421. The molecule has 0 saturated heterocycles. The van der Waals surface area contributed by atoms with Crippen LogP contribution in [0.4, 0.5) is 0 Å². The van der Waals surface area contributed by atoms with Gasteiger partial charge < -0.3 is 4.98 Å². The Hall–Kier alpha value is -1.49. The van der Waals surface area contributed by atoms with Crippen molar-refractivity contribution in [2.75, 3.05) is 0 Å². The number of halogens is 1. The predicted molar refractivity (Wildman–Crippen MR) is 43.0 cm³/mol. The van der Waals surface area contributed by atoms with E-state index in [4.69, 9.17) is 11.6 Å². The maximum Gasteiger partial charge on any atom is 0.287 e. The van der Waals surface area contributed by atoms with Crippen LogP contribution in [0.3, 0.4) is 0 Å². The Kier molecular flexibility index (Phi) is 1.51. The van der Waals surface area contributed by atoms with Crippen molar-refractivity contribution in [2.24, 2.45) is 0 Å². The number of nitrogens with one attached hydrogen (secondary N) is 1. The number of hydrogen-bond donors (Lipinski definition) is 1. The smallest absolute Gasteiger partial charge is 0.287 e. The average Bonchev–Trinajstić information content (AvgIpc) is 2.07. The Morgan fingerprint density at radius 2 is 2.33 bits per heavy atom. The highest BCUT2D eigenvalue weighted by Crippen LogP contribution is 2.03. The predicted octanol–water partition coefficient (Wildman–Crippen LogP) is 0.366. The molecule has 12 heavy (non-hydrogen) atoms. The molecule has 0 bridgehead atoms. The third-order valence-electron chi connectivity index (χ3n) is 1.33. The van der Waals surface area contributed by atoms with E-state index in [9.17, 15) is 4.79 Å². The molecule has 0 aliphatic rings. The zero-order valence-corrected chi connectivity index (χ0v) is 6.54. The third kappa shape index (κ3) is 1.04. The molecular weight excluding hydrogens is 180 g/mol. The second-order valence-corrected chi connectivity index (χ2v) is 2.47. The van der Waals surface area contributed by atoms with Crippen molar-refractivity contribution in [3.8, 4) is 0 Å². The highest BCUT2D eigenvalue weighted by atomic mass is 35.5. The van der Waals surface area contributed by atoms with Crippen molar-refractivity contribution in [2.45, 2.75) is 0 Å². The maximum atomic E-state index is 10.9. The molecule has 0 radical (unpaired) electrons. The summed E-state index contributed by atoms with van der Waals surface area (Å²) in [6, 6.07) is 0. The first-order valence-corrected chi connectivity index (χ1v) is 3.51. The maximum absolute atomic E-state index is 10.9. The number of hydrogen-bond acceptors (Lipinski definition) is 4. The summed E-state index contributed by atoms with van der Waals surface area (Å²) in [4.78, 5) is 24.7. The average molecular weight is 183 g/mol. The standard InChI is InChI=1S/C6H3ClN4O/c7-4-6(12)11-5-3(10-4)1-8-2-9-5/h1-2H,(H,8,9,11,12). The molecule has 0 spiro atoms. The summed E-state index contributed by atoms with van der Waals surface area (Å²) in [6.07, 6.45) is 2.80. The van der Waals surface area contributed by atoms with Crippen molar-refractivity contribution in [3.63, 3.8) is 0 Å². The van der Waals surface area contributed by atoms with Crippen LogP contribution < -0.4 is 5.56 Å². The van der Waals surface area contributed by atoms with Gasteiger partial charge in [-0.15, -0.1) is 0 Å². The molecule has 0 amide bonds. The van der Waals surface area contributed by atoms with Crippen LogP contribution in [0.1, 0.15) is 0 Å². The Balaban J connectivity index is 2.93. The normalized spacial score (nSPS) is 10.4. The minimum atomic E-state index is -0.442. The largest absolute Gasteiger partial charge is 0.303 e. The molecule has 2 heterocycles. The minimum Gasteiger partial charge on any atom is -0.303 e. The lowest BCUT2D eigenvalue weighted by Crippen LogP contribution is -2.09. The first-order valence-electron chi connectivity index (χ1n) is 3.13. The van der Waals surface area contributed by atoms with Gasteiger partial charge in [0.1, 0.15) is 11.8 Å². The van der Waals surface area contributed by atoms with E-state index in [1.165, 1.54) is 12.5 Å². The molecule has 2 rings (SSSR count). The van der Waals surface area contributed by atoms with Crippen LogP contribution in [-0.4, -0.2) is 19.9 Å². The van der Waals surface area contributed by atoms with Gasteiger partial charge in [0.15, 0.2) is 10.8 Å². The Labute approximate surface area is 71.5 Å². The van der Waals surface area contributed by atoms with Gasteiger partial charge in [0.25, 0.3) is 5.56 Å². The van der Waals surface area contributed by atoms with Crippen molar-refractivity contribution in [1.29, 1.82) is 0 Å². The number of fused-ring (bicyclic) bond motifs is 1. The lowest BCUT2D eigenvalue weighted by atomic mass is 10.5. The third-order valence-corrected chi connectivity index (χ3v) is 1.59. The molecule has 0 aliphatic carbocycles. The van der Waals surface area contributed by atoms with Gasteiger partial charge in [-0.1, -0.05) is 11.6 Å². The van der Waals surface area contributed by atoms with Crippen LogP contribution in [0.2, 0.25) is 5.15 Å². The SMILES string of the molecule is O=c1[nH]c2ncncc2nc1Cl. The van der Waals surface area contributed by atoms with Crippen molar-refractivity contribution in [1.82, 2.24) is 19.9 Å². The fourth-order valence-electron chi connectivity index (χ4n) is 0.816. The van der Waals surface area contributed by atoms with Crippen LogP contribution in [0.5, 0.6) is 0 Å². The molecule has 0 aromatic carbocycles. The topological polar surface area (TPSA) is 71.5 Å². The monoisotopic (exact) mass is 182 g/mol. The second-order valence-electron chi connectivity index (χ2n) is 2.11. The molecule has 6 heteroatoms. The van der Waals surface area contributed by atoms with Gasteiger partial charge in [-0.05, 0) is 0 Å². The zero-order valence-electron chi connectivity index (χ0n) is 5.78. The molecule has 0 aliphatic heterocycles. The molecule has 0 fully saturated rings. The van der Waals surface area contributed by atoms with Crippen LogP contribution in [0.25, 0.3) is 11.2 Å². The van der Waals surface area contributed by atoms with E-state index in [-0.39, 0.29) is 5.15 Å². The van der Waals surface area contributed by atoms with E-state index in [0.29, 0.717) is 11.2 Å². The van der Waals surface area contributed by atoms with Crippen molar-refractivity contribution < 1.29 is 0 Å². The minimum absolute atomic E-state index is 0.0997. The molecule has 60 valence electrons. The lowest BCUT2D eigenvalue weighted by molar-refractivity contribution is 1.12. The fourth-order valence-corrected chi connectivity index (χ4v) is 0.954. The number of H-pyrrole nitrogens is 1. The van der Waals surface area contributed by atoms with Crippen LogP contribution in [-0.2, 0) is 0 Å². The van der Waals surface area contributed by atoms with Crippen molar-refractivity contribution in [3.05, 3.63) is 28.0 Å². The Bertz CT molecular complexity index is 480. The quantitative estimate of drug-likeness (QED) is 0.639. The fraction of sp³-hybridized carbons (Fsp3) is 0. The number of aromatic nitrogens is 4. The van der Waals surface area contributed by atoms with Gasteiger partial charge >= 0.3 is 0 Å². The summed E-state index contributed by atoms with van der Waals surface area (Å²) in [5, 5.41) is -0.0997. The van der Waals surface area contributed by atoms with Crippen LogP contribution in [0.15, 0.2) is 17.3 Å². The summed E-state index contributed by atoms with van der Waals surface area (Å²) in [6.45, 7) is 0.